The van der Waals surface area contributed by atoms with Gasteiger partial charge in [-0.05, 0) is 32.1 Å². The van der Waals surface area contributed by atoms with Crippen molar-refractivity contribution in [3.8, 4) is 0 Å². The fourth-order valence-corrected chi connectivity index (χ4v) is 2.47. The minimum atomic E-state index is -0.413. The van der Waals surface area contributed by atoms with Gasteiger partial charge in [-0.3, -0.25) is 4.79 Å². The summed E-state index contributed by atoms with van der Waals surface area (Å²) in [6.07, 6.45) is 1.91. The Hall–Kier alpha value is -2.40. The first kappa shape index (κ1) is 17.0. The Balaban J connectivity index is 2.27. The maximum Gasteiger partial charge on any atom is 0.337 e. The second kappa shape index (κ2) is 7.74. The molecule has 1 aliphatic carbocycles. The van der Waals surface area contributed by atoms with E-state index < -0.39 is 5.97 Å². The van der Waals surface area contributed by atoms with Crippen molar-refractivity contribution in [1.29, 1.82) is 0 Å². The van der Waals surface area contributed by atoms with Crippen LogP contribution in [0.2, 0.25) is 0 Å². The number of methoxy groups -OCH3 is 1. The highest BCUT2D eigenvalue weighted by molar-refractivity contribution is 5.96. The molecule has 0 fully saturated rings. The Morgan fingerprint density at radius 2 is 1.96 bits per heavy atom. The zero-order chi connectivity index (χ0) is 16.8. The molecule has 1 aromatic carbocycles. The molecule has 1 aliphatic rings. The van der Waals surface area contributed by atoms with E-state index >= 15 is 0 Å². The minimum absolute atomic E-state index is 0.231. The molecule has 0 saturated carbocycles. The number of carbonyl (C=O) groups excluding carboxylic acids is 2. The summed E-state index contributed by atoms with van der Waals surface area (Å²) < 4.78 is 10.5. The van der Waals surface area contributed by atoms with E-state index in [-0.39, 0.29) is 12.0 Å². The first-order valence-electron chi connectivity index (χ1n) is 7.54. The Labute approximate surface area is 136 Å². The van der Waals surface area contributed by atoms with Crippen LogP contribution in [0.25, 0.3) is 0 Å². The maximum atomic E-state index is 12.4. The van der Waals surface area contributed by atoms with Crippen LogP contribution in [-0.2, 0) is 14.3 Å². The van der Waals surface area contributed by atoms with Gasteiger partial charge in [0.05, 0.1) is 12.7 Å². The molecule has 1 N–H and O–H groups in total. The lowest BCUT2D eigenvalue weighted by Crippen LogP contribution is -2.34. The molecule has 2 rings (SSSR count). The summed E-state index contributed by atoms with van der Waals surface area (Å²) in [6, 6.07) is 8.91. The van der Waals surface area contributed by atoms with E-state index in [1.54, 1.807) is 30.3 Å². The molecular weight excluding hydrogens is 294 g/mol. The predicted molar refractivity (Wildman–Crippen MR) is 86.7 cm³/mol. The van der Waals surface area contributed by atoms with Gasteiger partial charge in [-0.2, -0.15) is 0 Å². The van der Waals surface area contributed by atoms with Crippen LogP contribution in [0.1, 0.15) is 30.6 Å². The number of hydrogen-bond donors (Lipinski definition) is 1. The van der Waals surface area contributed by atoms with Crippen molar-refractivity contribution in [2.45, 2.75) is 26.4 Å². The van der Waals surface area contributed by atoms with Crippen molar-refractivity contribution in [2.75, 3.05) is 13.7 Å². The van der Waals surface area contributed by atoms with Crippen LogP contribution in [0, 0.1) is 0 Å². The molecule has 0 radical (unpaired) electrons. The number of ether oxygens (including phenoxy) is 2. The Morgan fingerprint density at radius 1 is 1.26 bits per heavy atom. The highest BCUT2D eigenvalue weighted by Crippen LogP contribution is 2.26. The average Bonchev–Trinajstić information content (AvgIpc) is 2.57. The first-order valence-corrected chi connectivity index (χ1v) is 7.54. The number of esters is 1. The van der Waals surface area contributed by atoms with Crippen LogP contribution in [0.5, 0.6) is 0 Å². The number of benzene rings is 1. The Bertz CT molecular complexity index is 646. The second-order valence-electron chi connectivity index (χ2n) is 5.25. The number of nitrogens with one attached hydrogen (secondary N) is 1. The van der Waals surface area contributed by atoms with E-state index in [0.29, 0.717) is 29.9 Å². The number of amides is 1. The van der Waals surface area contributed by atoms with E-state index in [4.69, 9.17) is 9.47 Å². The fourth-order valence-electron chi connectivity index (χ4n) is 2.47. The van der Waals surface area contributed by atoms with Gasteiger partial charge >= 0.3 is 5.97 Å². The zero-order valence-electron chi connectivity index (χ0n) is 13.6. The van der Waals surface area contributed by atoms with Gasteiger partial charge in [0.1, 0.15) is 6.10 Å². The van der Waals surface area contributed by atoms with Gasteiger partial charge in [0, 0.05) is 24.3 Å². The SMILES string of the molecule is CCOC1CC(C)=C(C(=O)OC)C=C1NC(=O)c1ccccc1. The van der Waals surface area contributed by atoms with Gasteiger partial charge in [0.25, 0.3) is 5.91 Å². The van der Waals surface area contributed by atoms with E-state index in [1.807, 2.05) is 19.9 Å². The first-order chi connectivity index (χ1) is 11.1. The average molecular weight is 315 g/mol. The molecule has 122 valence electrons. The maximum absolute atomic E-state index is 12.4. The summed E-state index contributed by atoms with van der Waals surface area (Å²) in [5.74, 6) is -0.644. The van der Waals surface area contributed by atoms with Crippen molar-refractivity contribution in [3.63, 3.8) is 0 Å². The highest BCUT2D eigenvalue weighted by atomic mass is 16.5. The van der Waals surface area contributed by atoms with Crippen LogP contribution >= 0.6 is 0 Å². The molecule has 1 aromatic rings. The fraction of sp³-hybridized carbons (Fsp3) is 0.333. The molecule has 0 spiro atoms. The lowest BCUT2D eigenvalue weighted by Gasteiger charge is -2.26. The third-order valence-electron chi connectivity index (χ3n) is 3.67. The van der Waals surface area contributed by atoms with Gasteiger partial charge in [0.2, 0.25) is 0 Å². The molecule has 0 heterocycles. The van der Waals surface area contributed by atoms with E-state index in [1.165, 1.54) is 7.11 Å². The standard InChI is InChI=1S/C18H21NO4/c1-4-23-16-10-12(2)14(18(21)22-3)11-15(16)19-17(20)13-8-6-5-7-9-13/h5-9,11,16H,4,10H2,1-3H3,(H,19,20). The molecule has 5 heteroatoms. The molecule has 0 aromatic heterocycles. The molecule has 23 heavy (non-hydrogen) atoms. The quantitative estimate of drug-likeness (QED) is 0.848. The summed E-state index contributed by atoms with van der Waals surface area (Å²) in [5, 5.41) is 2.85. The van der Waals surface area contributed by atoms with Gasteiger partial charge < -0.3 is 14.8 Å². The van der Waals surface area contributed by atoms with Gasteiger partial charge in [-0.25, -0.2) is 4.79 Å². The van der Waals surface area contributed by atoms with Crippen LogP contribution in [0.4, 0.5) is 0 Å². The van der Waals surface area contributed by atoms with Crippen molar-refractivity contribution in [1.82, 2.24) is 5.32 Å². The van der Waals surface area contributed by atoms with Gasteiger partial charge in [-0.15, -0.1) is 0 Å². The normalized spacial score (nSPS) is 17.5. The van der Waals surface area contributed by atoms with Gasteiger partial charge in [-0.1, -0.05) is 23.8 Å². The number of rotatable bonds is 5. The Kier molecular flexibility index (Phi) is 5.71. The van der Waals surface area contributed by atoms with Crippen molar-refractivity contribution >= 4 is 11.9 Å². The van der Waals surface area contributed by atoms with E-state index in [9.17, 15) is 9.59 Å². The van der Waals surface area contributed by atoms with E-state index in [2.05, 4.69) is 5.32 Å². The molecule has 0 saturated heterocycles. The van der Waals surface area contributed by atoms with Gasteiger partial charge in [0.15, 0.2) is 0 Å². The van der Waals surface area contributed by atoms with E-state index in [0.717, 1.165) is 5.57 Å². The number of carbonyl (C=O) groups is 2. The van der Waals surface area contributed by atoms with Crippen molar-refractivity contribution in [2.24, 2.45) is 0 Å². The van der Waals surface area contributed by atoms with Crippen LogP contribution in [-0.4, -0.2) is 31.7 Å². The van der Waals surface area contributed by atoms with Crippen LogP contribution in [0.15, 0.2) is 53.3 Å². The molecule has 1 atom stereocenters. The summed E-state index contributed by atoms with van der Waals surface area (Å²) >= 11 is 0. The van der Waals surface area contributed by atoms with Crippen molar-refractivity contribution < 1.29 is 19.1 Å². The summed E-state index contributed by atoms with van der Waals surface area (Å²) in [4.78, 5) is 24.2. The lowest BCUT2D eigenvalue weighted by atomic mass is 9.94. The zero-order valence-corrected chi connectivity index (χ0v) is 13.6. The molecule has 0 bridgehead atoms. The second-order valence-corrected chi connectivity index (χ2v) is 5.25. The third-order valence-corrected chi connectivity index (χ3v) is 3.67. The van der Waals surface area contributed by atoms with Crippen LogP contribution in [0.3, 0.4) is 0 Å². The van der Waals surface area contributed by atoms with Crippen LogP contribution < -0.4 is 5.32 Å². The monoisotopic (exact) mass is 315 g/mol. The molecular formula is C18H21NO4. The predicted octanol–water partition coefficient (Wildman–Crippen LogP) is 2.60. The highest BCUT2D eigenvalue weighted by Gasteiger charge is 2.26. The molecule has 1 unspecified atom stereocenters. The number of hydrogen-bond acceptors (Lipinski definition) is 4. The largest absolute Gasteiger partial charge is 0.465 e. The summed E-state index contributed by atoms with van der Waals surface area (Å²) in [6.45, 7) is 4.28. The molecule has 5 nitrogen and oxygen atoms in total. The van der Waals surface area contributed by atoms with Crippen molar-refractivity contribution in [3.05, 3.63) is 58.8 Å². The minimum Gasteiger partial charge on any atom is -0.465 e. The Morgan fingerprint density at radius 3 is 2.57 bits per heavy atom. The summed E-state index contributed by atoms with van der Waals surface area (Å²) in [7, 11) is 1.34. The molecule has 0 aliphatic heterocycles. The molecule has 1 amide bonds. The topological polar surface area (TPSA) is 64.6 Å². The lowest BCUT2D eigenvalue weighted by molar-refractivity contribution is -0.135. The third kappa shape index (κ3) is 4.07. The smallest absolute Gasteiger partial charge is 0.337 e. The summed E-state index contributed by atoms with van der Waals surface area (Å²) in [5.41, 5.74) is 2.47.